The fraction of sp³-hybridized carbons (Fsp3) is 0.761. The van der Waals surface area contributed by atoms with Crippen LogP contribution in [0.3, 0.4) is 0 Å². The fourth-order valence-corrected chi connectivity index (χ4v) is 12.5. The molecule has 0 radical (unpaired) electrons. The highest BCUT2D eigenvalue weighted by atomic mass is 16.6. The lowest BCUT2D eigenvalue weighted by Gasteiger charge is -2.41. The van der Waals surface area contributed by atoms with E-state index in [9.17, 15) is 93.6 Å². The monoisotopic (exact) mass is 1530 g/mol. The summed E-state index contributed by atoms with van der Waals surface area (Å²) in [6.45, 7) is 11.0. The number of ketones is 1. The van der Waals surface area contributed by atoms with Gasteiger partial charge in [0.05, 0.1) is 80.7 Å². The van der Waals surface area contributed by atoms with Crippen LogP contribution in [-0.2, 0) is 73.3 Å². The van der Waals surface area contributed by atoms with Crippen LogP contribution in [0.4, 0.5) is 4.79 Å². The van der Waals surface area contributed by atoms with E-state index in [1.165, 1.54) is 21.1 Å². The van der Waals surface area contributed by atoms with Crippen LogP contribution in [-0.4, -0.2) is 328 Å². The maximum atomic E-state index is 14.6. The molecule has 20 atom stereocenters. The Morgan fingerprint density at radius 3 is 1.79 bits per heavy atom. The number of likely N-dealkylation sites (tertiary alicyclic amines) is 1. The first-order valence-corrected chi connectivity index (χ1v) is 36.4. The molecule has 1 fully saturated rings. The Morgan fingerprint density at radius 1 is 0.636 bits per heavy atom. The molecule has 2 rings (SSSR count). The van der Waals surface area contributed by atoms with Gasteiger partial charge in [0.1, 0.15) is 67.4 Å². The quantitative estimate of drug-likeness (QED) is 0.0214. The molecule has 612 valence electrons. The van der Waals surface area contributed by atoms with Crippen molar-refractivity contribution in [1.29, 1.82) is 0 Å². The van der Waals surface area contributed by atoms with Gasteiger partial charge in [-0.05, 0) is 76.4 Å². The van der Waals surface area contributed by atoms with Crippen molar-refractivity contribution in [2.24, 2.45) is 29.4 Å². The zero-order chi connectivity index (χ0) is 81.1. The van der Waals surface area contributed by atoms with Gasteiger partial charge in [-0.1, -0.05) is 85.2 Å². The van der Waals surface area contributed by atoms with Gasteiger partial charge in [0.2, 0.25) is 47.3 Å². The van der Waals surface area contributed by atoms with E-state index in [1.54, 1.807) is 54.1 Å². The highest BCUT2D eigenvalue weighted by Gasteiger charge is 2.44. The number of aliphatic hydroxyl groups excluding tert-OH is 10. The Balaban J connectivity index is 2.02. The minimum atomic E-state index is -2.03. The van der Waals surface area contributed by atoms with Gasteiger partial charge in [-0.3, -0.25) is 48.1 Å². The number of amides is 9. The van der Waals surface area contributed by atoms with Crippen molar-refractivity contribution in [1.82, 2.24) is 51.9 Å². The molecule has 0 aliphatic carbocycles. The lowest BCUT2D eigenvalue weighted by Crippen LogP contribution is -2.59. The molecule has 36 nitrogen and oxygen atoms in total. The Hall–Kier alpha value is -7.17. The lowest BCUT2D eigenvalue weighted by molar-refractivity contribution is -0.148. The Bertz CT molecular complexity index is 2920. The summed E-state index contributed by atoms with van der Waals surface area (Å²) in [6.07, 6.45) is -18.8. The fourth-order valence-electron chi connectivity index (χ4n) is 12.5. The zero-order valence-corrected chi connectivity index (χ0v) is 64.0. The van der Waals surface area contributed by atoms with Crippen molar-refractivity contribution >= 4 is 65.1 Å². The molecule has 107 heavy (non-hydrogen) atoms. The van der Waals surface area contributed by atoms with Crippen LogP contribution in [0.25, 0.3) is 0 Å². The van der Waals surface area contributed by atoms with Crippen molar-refractivity contribution in [3.05, 3.63) is 35.9 Å². The van der Waals surface area contributed by atoms with E-state index in [0.29, 0.717) is 25.8 Å². The second-order valence-corrected chi connectivity index (χ2v) is 28.2. The van der Waals surface area contributed by atoms with Crippen molar-refractivity contribution in [3.63, 3.8) is 0 Å². The van der Waals surface area contributed by atoms with Crippen molar-refractivity contribution < 1.29 is 123 Å². The van der Waals surface area contributed by atoms with E-state index in [4.69, 9.17) is 34.9 Å². The summed E-state index contributed by atoms with van der Waals surface area (Å²) in [6, 6.07) is 1.07. The predicted octanol–water partition coefficient (Wildman–Crippen LogP) is -5.04. The Kier molecular flexibility index (Phi) is 44.0. The normalized spacial score (nSPS) is 18.5. The first kappa shape index (κ1) is 95.9. The molecule has 1 aromatic carbocycles. The molecule has 0 spiro atoms. The summed E-state index contributed by atoms with van der Waals surface area (Å²) in [4.78, 5) is 153. The van der Waals surface area contributed by atoms with Gasteiger partial charge in [-0.2, -0.15) is 0 Å². The van der Waals surface area contributed by atoms with Crippen molar-refractivity contribution in [3.8, 4) is 0 Å². The van der Waals surface area contributed by atoms with Gasteiger partial charge in [-0.15, -0.1) is 0 Å². The molecule has 1 aliphatic heterocycles. The number of methoxy groups -OCH3 is 2. The third-order valence-electron chi connectivity index (χ3n) is 19.0. The molecule has 36 heteroatoms. The number of nitrogens with one attached hydrogen (secondary N) is 7. The van der Waals surface area contributed by atoms with E-state index in [2.05, 4.69) is 37.2 Å². The maximum Gasteiger partial charge on any atom is 0.407 e. The standard InChI is InChI=1S/C71H123N11O25/c1-14-40(6)59(81(11)69(101)57(38(2)3)79-68(100)58(39(4)5)80(9)10)53(104-12)33-56(92)82-30-18-22-47(82)64(105-13)41(7)65(97)78-46(32-43-20-16-15-17-21-43)67(99)73-28-19-31-106-70(102)42(8)76-55(91)27-29-74-71(103)107-37-44(72)66(98)77-45(48(85)24-25-49(86)60(93)62(95)51(88)35-83)23-26-54(90)75-34-50(87)61(94)63(96)52(89)36-84/h15-17,20-21,38-42,44-47,49-53,57-64,83-84,86-89,93-96H,14,18-19,22-37,72H2,1-13H3,(H,73,99)(H,74,103)(H,75,90)(H,76,91)(H,77,98)(H,78,97)(H,79,100)/t40-,41+,42?,44?,45?,46-,47-,49-,50-,51+,52+,53+,57+,58-,59-,60+,61+,62-,63-,64+/m0/s1. The number of rotatable bonds is 51. The van der Waals surface area contributed by atoms with E-state index in [1.807, 2.05) is 60.5 Å². The Morgan fingerprint density at radius 2 is 1.23 bits per heavy atom. The number of nitrogens with zero attached hydrogens (tertiary/aromatic N) is 3. The van der Waals surface area contributed by atoms with Crippen LogP contribution in [0, 0.1) is 23.7 Å². The number of Topliss-reactive ketones (excluding diaryl/α,β-unsaturated/α-hetero) is 1. The molecule has 3 unspecified atom stereocenters. The summed E-state index contributed by atoms with van der Waals surface area (Å²) < 4.78 is 22.4. The average Bonchev–Trinajstić information content (AvgIpc) is 1.80. The lowest BCUT2D eigenvalue weighted by atomic mass is 9.89. The van der Waals surface area contributed by atoms with Crippen LogP contribution < -0.4 is 43.0 Å². The number of likely N-dealkylation sites (N-methyl/N-ethyl adjacent to an activating group) is 2. The molecular weight excluding hydrogens is 1410 g/mol. The first-order chi connectivity index (χ1) is 50.3. The van der Waals surface area contributed by atoms with Gasteiger partial charge < -0.3 is 123 Å². The minimum Gasteiger partial charge on any atom is -0.464 e. The van der Waals surface area contributed by atoms with E-state index in [-0.39, 0.29) is 80.9 Å². The molecule has 9 amide bonds. The van der Waals surface area contributed by atoms with Crippen LogP contribution in [0.2, 0.25) is 0 Å². The third-order valence-corrected chi connectivity index (χ3v) is 19.0. The average molecular weight is 1530 g/mol. The summed E-state index contributed by atoms with van der Waals surface area (Å²) in [5.41, 5.74) is 6.67. The molecule has 1 aromatic rings. The van der Waals surface area contributed by atoms with Crippen LogP contribution >= 0.6 is 0 Å². The Labute approximate surface area is 626 Å². The topological polar surface area (TPSA) is 547 Å². The summed E-state index contributed by atoms with van der Waals surface area (Å²) >= 11 is 0. The number of aliphatic hydroxyl groups is 10. The van der Waals surface area contributed by atoms with E-state index in [0.717, 1.165) is 5.56 Å². The van der Waals surface area contributed by atoms with Gasteiger partial charge in [-0.25, -0.2) is 9.59 Å². The number of nitrogens with two attached hydrogens (primary N) is 1. The van der Waals surface area contributed by atoms with Gasteiger partial charge in [0.15, 0.2) is 5.78 Å². The molecule has 0 bridgehead atoms. The number of benzene rings is 1. The molecule has 1 saturated heterocycles. The summed E-state index contributed by atoms with van der Waals surface area (Å²) in [7, 11) is 8.26. The van der Waals surface area contributed by atoms with Gasteiger partial charge >= 0.3 is 12.1 Å². The minimum absolute atomic E-state index is 0.0000405. The highest BCUT2D eigenvalue weighted by molar-refractivity contribution is 5.93. The molecular formula is C71H123N11O25. The molecule has 0 saturated carbocycles. The van der Waals surface area contributed by atoms with Crippen molar-refractivity contribution in [2.45, 2.75) is 235 Å². The molecule has 1 heterocycles. The largest absolute Gasteiger partial charge is 0.464 e. The number of carbonyl (C=O) groups is 11. The van der Waals surface area contributed by atoms with E-state index < -0.39 is 215 Å². The predicted molar refractivity (Wildman–Crippen MR) is 386 cm³/mol. The smallest absolute Gasteiger partial charge is 0.407 e. The van der Waals surface area contributed by atoms with Crippen LogP contribution in [0.15, 0.2) is 30.3 Å². The molecule has 1 aliphatic rings. The number of esters is 1. The van der Waals surface area contributed by atoms with E-state index >= 15 is 0 Å². The number of hydrogen-bond donors (Lipinski definition) is 18. The number of alkyl carbamates (subject to hydrolysis) is 1. The number of hydrogen-bond acceptors (Lipinski definition) is 27. The first-order valence-electron chi connectivity index (χ1n) is 36.4. The second-order valence-electron chi connectivity index (χ2n) is 28.2. The highest BCUT2D eigenvalue weighted by Crippen LogP contribution is 2.30. The van der Waals surface area contributed by atoms with Crippen LogP contribution in [0.5, 0.6) is 0 Å². The zero-order valence-electron chi connectivity index (χ0n) is 64.0. The van der Waals surface area contributed by atoms with Crippen LogP contribution in [0.1, 0.15) is 125 Å². The summed E-state index contributed by atoms with van der Waals surface area (Å²) in [5, 5.41) is 116. The van der Waals surface area contributed by atoms with Gasteiger partial charge in [0.25, 0.3) is 0 Å². The molecule has 0 aromatic heterocycles. The van der Waals surface area contributed by atoms with Gasteiger partial charge in [0, 0.05) is 73.1 Å². The summed E-state index contributed by atoms with van der Waals surface area (Å²) in [5.74, 6) is -7.55. The number of ether oxygens (including phenoxy) is 4. The van der Waals surface area contributed by atoms with Crippen molar-refractivity contribution in [2.75, 3.05) is 88.0 Å². The second kappa shape index (κ2) is 49.1. The number of carbonyl (C=O) groups excluding carboxylic acids is 11. The maximum absolute atomic E-state index is 14.6. The SMILES string of the molecule is CC[C@H](C)[C@@H]([C@@H](CC(=O)N1CCC[C@H]1[C@H](OC)[C@@H](C)C(=O)N[C@@H](Cc1ccccc1)C(=O)NCCCOC(=O)C(C)NC(=O)CCNC(=O)OCC(N)C(=O)NC(CCC(=O)NC[C@H](O)[C@@H](O)[C@@H](O)[C@H](O)CO)C(=O)CC[C@H](O)[C@@H](O)[C@@H](O)[C@H](O)CO)OC)N(C)C(=O)[C@H](NC(=O)[C@H](C(C)C)N(C)C)C(C)C. The molecule has 19 N–H and O–H groups in total. The third kappa shape index (κ3) is 31.8.